The standard InChI is InChI=1S/C35H56N6O12/c1-16(34-9-19-5-20(10-34)7-21(6-19)11-34)37-14-26-28(40-18(3)44)23(45)12-35(53-26,32(49)50)41-33(36)38-13-22-8-25(31(47)48)52-30(27(22)39-17(2)43)29(51-4)24(46)15-42/h8,16,19-24,26-30,37,42,45-46H,5-7,9-15H2,1-4H3,(H,39,43)(H,40,44)(H,47,48)(H,49,50)(H3,36,38,41). The second kappa shape index (κ2) is 16.4. The van der Waals surface area contributed by atoms with Crippen LogP contribution in [0.4, 0.5) is 0 Å². The molecule has 53 heavy (non-hydrogen) atoms. The zero-order valence-corrected chi connectivity index (χ0v) is 30.7. The molecule has 0 spiro atoms. The molecule has 18 heteroatoms. The van der Waals surface area contributed by atoms with Crippen LogP contribution in [0, 0.1) is 34.5 Å². The van der Waals surface area contributed by atoms with E-state index in [1.807, 2.05) is 0 Å². The van der Waals surface area contributed by atoms with E-state index in [1.54, 1.807) is 0 Å². The highest BCUT2D eigenvalue weighted by Gasteiger charge is 2.55. The number of aliphatic hydroxyl groups is 3. The van der Waals surface area contributed by atoms with Crippen molar-refractivity contribution in [2.45, 2.75) is 120 Å². The van der Waals surface area contributed by atoms with Gasteiger partial charge in [0.2, 0.25) is 23.3 Å². The molecule has 298 valence electrons. The zero-order chi connectivity index (χ0) is 38.8. The number of rotatable bonds is 15. The minimum atomic E-state index is -2.31. The van der Waals surface area contributed by atoms with Crippen molar-refractivity contribution in [2.24, 2.45) is 29.1 Å². The van der Waals surface area contributed by atoms with Crippen molar-refractivity contribution >= 4 is 29.7 Å². The van der Waals surface area contributed by atoms with Crippen molar-refractivity contribution in [1.82, 2.24) is 26.6 Å². The first-order valence-corrected chi connectivity index (χ1v) is 18.4. The van der Waals surface area contributed by atoms with Gasteiger partial charge in [-0.15, -0.1) is 0 Å². The maximum Gasteiger partial charge on any atom is 0.370 e. The van der Waals surface area contributed by atoms with Crippen LogP contribution in [0.15, 0.2) is 11.8 Å². The third-order valence-electron chi connectivity index (χ3n) is 12.0. The highest BCUT2D eigenvalue weighted by molar-refractivity contribution is 5.87. The quantitative estimate of drug-likeness (QED) is 0.0677. The Hall–Kier alpha value is -3.55. The van der Waals surface area contributed by atoms with Crippen LogP contribution < -0.4 is 26.6 Å². The van der Waals surface area contributed by atoms with Crippen molar-refractivity contribution in [3.05, 3.63) is 11.8 Å². The van der Waals surface area contributed by atoms with Gasteiger partial charge in [-0.05, 0) is 74.7 Å². The van der Waals surface area contributed by atoms with Crippen molar-refractivity contribution in [2.75, 3.05) is 26.8 Å². The number of carboxylic acids is 2. The molecule has 0 aromatic rings. The number of ether oxygens (including phenoxy) is 3. The van der Waals surface area contributed by atoms with Crippen molar-refractivity contribution in [1.29, 1.82) is 5.41 Å². The highest BCUT2D eigenvalue weighted by atomic mass is 16.6. The molecule has 1 saturated heterocycles. The van der Waals surface area contributed by atoms with Crippen LogP contribution in [0.5, 0.6) is 0 Å². The predicted molar refractivity (Wildman–Crippen MR) is 186 cm³/mol. The number of methoxy groups -OCH3 is 1. The Morgan fingerprint density at radius 3 is 2.08 bits per heavy atom. The van der Waals surface area contributed by atoms with Crippen molar-refractivity contribution in [3.63, 3.8) is 0 Å². The Morgan fingerprint density at radius 2 is 1.57 bits per heavy atom. The van der Waals surface area contributed by atoms with Crippen LogP contribution in [-0.2, 0) is 33.4 Å². The molecule has 10 unspecified atom stereocenters. The van der Waals surface area contributed by atoms with Crippen LogP contribution in [0.1, 0.15) is 65.7 Å². The average Bonchev–Trinajstić information content (AvgIpc) is 3.07. The first kappa shape index (κ1) is 40.6. The van der Waals surface area contributed by atoms with E-state index in [-0.39, 0.29) is 24.5 Å². The molecule has 0 aromatic carbocycles. The van der Waals surface area contributed by atoms with Crippen LogP contribution in [-0.4, -0.2) is 136 Å². The number of guanidine groups is 1. The van der Waals surface area contributed by atoms with Crippen LogP contribution in [0.25, 0.3) is 0 Å². The number of carbonyl (C=O) groups excluding carboxylic acids is 2. The summed E-state index contributed by atoms with van der Waals surface area (Å²) in [6.07, 6.45) is 1.43. The molecule has 2 heterocycles. The van der Waals surface area contributed by atoms with Gasteiger partial charge in [0, 0.05) is 52.4 Å². The maximum atomic E-state index is 12.9. The molecule has 11 N–H and O–H groups in total. The van der Waals surface area contributed by atoms with Gasteiger partial charge >= 0.3 is 11.9 Å². The molecule has 2 amide bonds. The first-order valence-electron chi connectivity index (χ1n) is 18.4. The number of hydrogen-bond acceptors (Lipinski definition) is 12. The lowest BCUT2D eigenvalue weighted by atomic mass is 9.48. The lowest BCUT2D eigenvalue weighted by molar-refractivity contribution is -0.208. The maximum absolute atomic E-state index is 12.9. The van der Waals surface area contributed by atoms with E-state index >= 15 is 0 Å². The van der Waals surface area contributed by atoms with E-state index in [9.17, 15) is 44.7 Å². The topological polar surface area (TPSA) is 281 Å². The normalized spacial score (nSPS) is 37.6. The van der Waals surface area contributed by atoms with Crippen molar-refractivity contribution < 1.29 is 58.9 Å². The molecule has 4 bridgehead atoms. The van der Waals surface area contributed by atoms with Gasteiger partial charge in [0.1, 0.15) is 18.3 Å². The average molecular weight is 753 g/mol. The molecular formula is C35H56N6O12. The van der Waals surface area contributed by atoms with Crippen molar-refractivity contribution in [3.8, 4) is 0 Å². The summed E-state index contributed by atoms with van der Waals surface area (Å²) in [5, 5.41) is 74.5. The second-order valence-electron chi connectivity index (χ2n) is 15.8. The summed E-state index contributed by atoms with van der Waals surface area (Å²) < 4.78 is 17.1. The molecule has 0 aromatic heterocycles. The minimum absolute atomic E-state index is 0.0727. The molecule has 4 saturated carbocycles. The Bertz CT molecular complexity index is 1390. The van der Waals surface area contributed by atoms with E-state index in [2.05, 4.69) is 33.5 Å². The Morgan fingerprint density at radius 1 is 0.981 bits per heavy atom. The second-order valence-corrected chi connectivity index (χ2v) is 15.8. The predicted octanol–water partition coefficient (Wildman–Crippen LogP) is -1.41. The number of amides is 2. The molecule has 6 aliphatic rings. The molecule has 0 radical (unpaired) electrons. The lowest BCUT2D eigenvalue weighted by Crippen LogP contribution is -2.71. The fourth-order valence-corrected chi connectivity index (χ4v) is 10.0. The summed E-state index contributed by atoms with van der Waals surface area (Å²) >= 11 is 0. The van der Waals surface area contributed by atoms with Crippen LogP contribution >= 0.6 is 0 Å². The van der Waals surface area contributed by atoms with Gasteiger partial charge in [0.15, 0.2) is 5.96 Å². The molecule has 6 rings (SSSR count). The number of carboxylic acid groups (broad SMARTS) is 2. The molecule has 18 nitrogen and oxygen atoms in total. The van der Waals surface area contributed by atoms with Gasteiger partial charge in [-0.3, -0.25) is 15.0 Å². The fraction of sp³-hybridized carbons (Fsp3) is 0.800. The Balaban J connectivity index is 1.31. The monoisotopic (exact) mass is 752 g/mol. The third kappa shape index (κ3) is 8.89. The number of carbonyl (C=O) groups is 4. The zero-order valence-electron chi connectivity index (χ0n) is 30.7. The summed E-state index contributed by atoms with van der Waals surface area (Å²) in [4.78, 5) is 49.3. The van der Waals surface area contributed by atoms with Gasteiger partial charge in [-0.25, -0.2) is 9.59 Å². The first-order chi connectivity index (χ1) is 25.0. The molecule has 5 fully saturated rings. The Labute approximate surface area is 308 Å². The van der Waals surface area contributed by atoms with E-state index < -0.39 is 103 Å². The molecule has 2 aliphatic heterocycles. The SMILES string of the molecule is COC(C(O)CO)C1OC(C(=O)O)=CC(CNC(=N)NC2(C(=O)O)CC(O)C(NC(C)=O)C(CNC(C)C34CC5CC(CC(C5)C3)C4)O2)C1NC(C)=O. The number of nitrogens with one attached hydrogen (secondary N) is 6. The lowest BCUT2D eigenvalue weighted by Gasteiger charge is -2.59. The van der Waals surface area contributed by atoms with Gasteiger partial charge in [-0.1, -0.05) is 0 Å². The molecule has 4 aliphatic carbocycles. The number of aliphatic hydroxyl groups excluding tert-OH is 3. The minimum Gasteiger partial charge on any atom is -0.478 e. The smallest absolute Gasteiger partial charge is 0.370 e. The summed E-state index contributed by atoms with van der Waals surface area (Å²) in [7, 11) is 1.22. The highest BCUT2D eigenvalue weighted by Crippen LogP contribution is 2.61. The van der Waals surface area contributed by atoms with Gasteiger partial charge in [-0.2, -0.15) is 0 Å². The summed E-state index contributed by atoms with van der Waals surface area (Å²) in [5.74, 6) is -3.78. The van der Waals surface area contributed by atoms with Gasteiger partial charge in [0.25, 0.3) is 0 Å². The largest absolute Gasteiger partial charge is 0.478 e. The Kier molecular flexibility index (Phi) is 12.6. The summed E-state index contributed by atoms with van der Waals surface area (Å²) in [6, 6.07) is -1.91. The fourth-order valence-electron chi connectivity index (χ4n) is 10.0. The van der Waals surface area contributed by atoms with E-state index in [1.165, 1.54) is 46.3 Å². The van der Waals surface area contributed by atoms with Crippen LogP contribution in [0.3, 0.4) is 0 Å². The molecular weight excluding hydrogens is 696 g/mol. The number of aliphatic carboxylic acids is 2. The van der Waals surface area contributed by atoms with E-state index in [4.69, 9.17) is 19.6 Å². The van der Waals surface area contributed by atoms with E-state index in [0.717, 1.165) is 19.3 Å². The van der Waals surface area contributed by atoms with Crippen LogP contribution in [0.2, 0.25) is 0 Å². The van der Waals surface area contributed by atoms with Gasteiger partial charge < -0.3 is 66.3 Å². The number of hydrogen-bond donors (Lipinski definition) is 11. The molecule has 10 atom stereocenters. The summed E-state index contributed by atoms with van der Waals surface area (Å²) in [5.41, 5.74) is -2.19. The van der Waals surface area contributed by atoms with Gasteiger partial charge in [0.05, 0.1) is 30.9 Å². The van der Waals surface area contributed by atoms with E-state index in [0.29, 0.717) is 17.8 Å². The summed E-state index contributed by atoms with van der Waals surface area (Å²) in [6.45, 7) is 3.77. The third-order valence-corrected chi connectivity index (χ3v) is 12.0.